The van der Waals surface area contributed by atoms with Gasteiger partial charge < -0.3 is 9.73 Å². The summed E-state index contributed by atoms with van der Waals surface area (Å²) < 4.78 is 5.26. The third-order valence-corrected chi connectivity index (χ3v) is 3.34. The Morgan fingerprint density at radius 1 is 1.38 bits per heavy atom. The van der Waals surface area contributed by atoms with E-state index in [9.17, 15) is 0 Å². The van der Waals surface area contributed by atoms with Crippen molar-refractivity contribution < 1.29 is 4.42 Å². The highest BCUT2D eigenvalue weighted by molar-refractivity contribution is 7.99. The molecule has 3 nitrogen and oxygen atoms in total. The van der Waals surface area contributed by atoms with E-state index >= 15 is 0 Å². The van der Waals surface area contributed by atoms with Gasteiger partial charge in [0.2, 0.25) is 0 Å². The first-order chi connectivity index (χ1) is 7.90. The first kappa shape index (κ1) is 11.2. The van der Waals surface area contributed by atoms with Crippen LogP contribution in [0.3, 0.4) is 0 Å². The molecule has 1 aromatic carbocycles. The first-order valence-corrected chi connectivity index (χ1v) is 6.04. The summed E-state index contributed by atoms with van der Waals surface area (Å²) in [5.41, 5.74) is 1.28. The van der Waals surface area contributed by atoms with E-state index in [4.69, 9.17) is 4.42 Å². The van der Waals surface area contributed by atoms with Crippen LogP contribution < -0.4 is 5.32 Å². The largest absolute Gasteiger partial charge is 0.440 e. The fourth-order valence-electron chi connectivity index (χ4n) is 1.47. The fourth-order valence-corrected chi connectivity index (χ4v) is 2.49. The molecule has 0 saturated heterocycles. The topological polar surface area (TPSA) is 38.1 Å². The third kappa shape index (κ3) is 2.87. The number of benzene rings is 1. The van der Waals surface area contributed by atoms with Gasteiger partial charge in [0, 0.05) is 6.54 Å². The highest BCUT2D eigenvalue weighted by atomic mass is 32.2. The molecule has 4 heteroatoms. The molecule has 0 bridgehead atoms. The summed E-state index contributed by atoms with van der Waals surface area (Å²) in [5, 5.41) is 4.22. The van der Waals surface area contributed by atoms with Crippen LogP contribution in [0.4, 0.5) is 0 Å². The van der Waals surface area contributed by atoms with Gasteiger partial charge >= 0.3 is 0 Å². The Morgan fingerprint density at radius 3 is 2.81 bits per heavy atom. The molecule has 0 fully saturated rings. The molecule has 0 radical (unpaired) electrons. The second kappa shape index (κ2) is 5.72. The lowest BCUT2D eigenvalue weighted by atomic mass is 10.1. The molecule has 1 N–H and O–H groups in total. The average Bonchev–Trinajstić information content (AvgIpc) is 2.83. The van der Waals surface area contributed by atoms with E-state index in [1.165, 1.54) is 5.56 Å². The quantitative estimate of drug-likeness (QED) is 0.807. The van der Waals surface area contributed by atoms with Crippen LogP contribution in [-0.4, -0.2) is 18.6 Å². The second-order valence-corrected chi connectivity index (χ2v) is 4.53. The summed E-state index contributed by atoms with van der Waals surface area (Å²) >= 11 is 1.63. The molecule has 2 rings (SSSR count). The summed E-state index contributed by atoms with van der Waals surface area (Å²) in [5.74, 6) is 0. The second-order valence-electron chi connectivity index (χ2n) is 3.37. The van der Waals surface area contributed by atoms with Crippen LogP contribution >= 0.6 is 11.8 Å². The van der Waals surface area contributed by atoms with Crippen molar-refractivity contribution >= 4 is 11.8 Å². The predicted molar refractivity (Wildman–Crippen MR) is 65.5 cm³/mol. The zero-order valence-corrected chi connectivity index (χ0v) is 9.91. The maximum absolute atomic E-state index is 5.26. The summed E-state index contributed by atoms with van der Waals surface area (Å²) in [7, 11) is 1.95. The molecule has 1 aromatic heterocycles. The molecule has 16 heavy (non-hydrogen) atoms. The van der Waals surface area contributed by atoms with Gasteiger partial charge in [-0.1, -0.05) is 42.1 Å². The molecule has 0 aliphatic rings. The van der Waals surface area contributed by atoms with E-state index < -0.39 is 0 Å². The maximum atomic E-state index is 5.26. The Balaban J connectivity index is 2.11. The van der Waals surface area contributed by atoms with Crippen molar-refractivity contribution in [3.05, 3.63) is 48.4 Å². The van der Waals surface area contributed by atoms with Crippen LogP contribution in [0, 0.1) is 0 Å². The standard InChI is InChI=1S/C12H14N2OS/c1-13-9-11(10-5-3-2-4-6-10)16-12-14-7-8-15-12/h2-8,11,13H,9H2,1H3. The number of oxazole rings is 1. The minimum atomic E-state index is 0.324. The monoisotopic (exact) mass is 234 g/mol. The van der Waals surface area contributed by atoms with E-state index in [0.717, 1.165) is 6.54 Å². The molecule has 0 aliphatic carbocycles. The van der Waals surface area contributed by atoms with Gasteiger partial charge in [0.25, 0.3) is 5.22 Å². The van der Waals surface area contributed by atoms with Crippen molar-refractivity contribution in [3.63, 3.8) is 0 Å². The number of rotatable bonds is 5. The molecular formula is C12H14N2OS. The minimum absolute atomic E-state index is 0.324. The van der Waals surface area contributed by atoms with Crippen LogP contribution in [-0.2, 0) is 0 Å². The Kier molecular flexibility index (Phi) is 4.02. The third-order valence-electron chi connectivity index (χ3n) is 2.21. The lowest BCUT2D eigenvalue weighted by Crippen LogP contribution is -2.14. The number of nitrogens with zero attached hydrogens (tertiary/aromatic N) is 1. The van der Waals surface area contributed by atoms with Gasteiger partial charge in [-0.05, 0) is 12.6 Å². The number of aromatic nitrogens is 1. The smallest absolute Gasteiger partial charge is 0.256 e. The molecule has 1 atom stereocenters. The number of likely N-dealkylation sites (N-methyl/N-ethyl adjacent to an activating group) is 1. The Bertz CT molecular complexity index is 402. The van der Waals surface area contributed by atoms with E-state index in [1.54, 1.807) is 24.2 Å². The molecule has 0 aliphatic heterocycles. The summed E-state index contributed by atoms with van der Waals surface area (Å²) in [6.45, 7) is 0.886. The van der Waals surface area contributed by atoms with Crippen molar-refractivity contribution in [2.75, 3.05) is 13.6 Å². The molecular weight excluding hydrogens is 220 g/mol. The Labute approximate surface area is 99.3 Å². The van der Waals surface area contributed by atoms with Gasteiger partial charge in [0.05, 0.1) is 11.4 Å². The molecule has 84 valence electrons. The van der Waals surface area contributed by atoms with Gasteiger partial charge in [-0.3, -0.25) is 0 Å². The van der Waals surface area contributed by atoms with Crippen LogP contribution in [0.25, 0.3) is 0 Å². The Morgan fingerprint density at radius 2 is 2.19 bits per heavy atom. The fraction of sp³-hybridized carbons (Fsp3) is 0.250. The zero-order chi connectivity index (χ0) is 11.2. The number of hydrogen-bond acceptors (Lipinski definition) is 4. The SMILES string of the molecule is CNCC(Sc1ncco1)c1ccccc1. The van der Waals surface area contributed by atoms with Crippen LogP contribution in [0.1, 0.15) is 10.8 Å². The van der Waals surface area contributed by atoms with Crippen LogP contribution in [0.15, 0.2) is 52.4 Å². The van der Waals surface area contributed by atoms with E-state index in [-0.39, 0.29) is 0 Å². The average molecular weight is 234 g/mol. The molecule has 0 saturated carbocycles. The summed E-state index contributed by atoms with van der Waals surface area (Å²) in [4.78, 5) is 4.13. The van der Waals surface area contributed by atoms with E-state index in [1.807, 2.05) is 25.2 Å². The van der Waals surface area contributed by atoms with Gasteiger partial charge in [0.1, 0.15) is 6.26 Å². The van der Waals surface area contributed by atoms with Gasteiger partial charge in [0.15, 0.2) is 0 Å². The lowest BCUT2D eigenvalue weighted by molar-refractivity contribution is 0.453. The zero-order valence-electron chi connectivity index (χ0n) is 9.09. The minimum Gasteiger partial charge on any atom is -0.440 e. The highest BCUT2D eigenvalue weighted by Crippen LogP contribution is 2.33. The van der Waals surface area contributed by atoms with E-state index in [2.05, 4.69) is 22.4 Å². The molecule has 0 amide bonds. The van der Waals surface area contributed by atoms with Crippen molar-refractivity contribution in [1.82, 2.24) is 10.3 Å². The number of nitrogens with one attached hydrogen (secondary N) is 1. The normalized spacial score (nSPS) is 12.6. The molecule has 2 aromatic rings. The number of hydrogen-bond donors (Lipinski definition) is 1. The van der Waals surface area contributed by atoms with Gasteiger partial charge in [-0.2, -0.15) is 0 Å². The van der Waals surface area contributed by atoms with Gasteiger partial charge in [-0.25, -0.2) is 4.98 Å². The van der Waals surface area contributed by atoms with E-state index in [0.29, 0.717) is 10.5 Å². The number of thioether (sulfide) groups is 1. The first-order valence-electron chi connectivity index (χ1n) is 5.16. The highest BCUT2D eigenvalue weighted by Gasteiger charge is 2.14. The van der Waals surface area contributed by atoms with Crippen LogP contribution in [0.5, 0.6) is 0 Å². The van der Waals surface area contributed by atoms with Crippen molar-refractivity contribution in [2.24, 2.45) is 0 Å². The molecule has 0 spiro atoms. The predicted octanol–water partition coefficient (Wildman–Crippen LogP) is 2.73. The molecule has 1 heterocycles. The van der Waals surface area contributed by atoms with Crippen molar-refractivity contribution in [3.8, 4) is 0 Å². The molecule has 1 unspecified atom stereocenters. The Hall–Kier alpha value is -1.26. The summed E-state index contributed by atoms with van der Waals surface area (Å²) in [6, 6.07) is 10.4. The van der Waals surface area contributed by atoms with Crippen molar-refractivity contribution in [1.29, 1.82) is 0 Å². The summed E-state index contributed by atoms with van der Waals surface area (Å²) in [6.07, 6.45) is 3.27. The van der Waals surface area contributed by atoms with Gasteiger partial charge in [-0.15, -0.1) is 0 Å². The maximum Gasteiger partial charge on any atom is 0.256 e. The van der Waals surface area contributed by atoms with Crippen LogP contribution in [0.2, 0.25) is 0 Å². The lowest BCUT2D eigenvalue weighted by Gasteiger charge is -2.14. The van der Waals surface area contributed by atoms with Crippen molar-refractivity contribution in [2.45, 2.75) is 10.5 Å².